The summed E-state index contributed by atoms with van der Waals surface area (Å²) in [7, 11) is 0. The Labute approximate surface area is 173 Å². The molecular formula is C24H31NO4. The molecule has 29 heavy (non-hydrogen) atoms. The van der Waals surface area contributed by atoms with Crippen LogP contribution in [-0.2, 0) is 11.4 Å². The first-order valence-electron chi connectivity index (χ1n) is 10.5. The van der Waals surface area contributed by atoms with Gasteiger partial charge in [0.05, 0.1) is 12.5 Å². The van der Waals surface area contributed by atoms with E-state index in [1.54, 1.807) is 0 Å². The second-order valence-corrected chi connectivity index (χ2v) is 7.49. The van der Waals surface area contributed by atoms with Gasteiger partial charge in [-0.1, -0.05) is 43.3 Å². The number of carboxylic acid groups (broad SMARTS) is 1. The molecule has 0 bridgehead atoms. The van der Waals surface area contributed by atoms with Gasteiger partial charge in [0.1, 0.15) is 6.61 Å². The minimum atomic E-state index is -0.670. The smallest absolute Gasteiger partial charge is 0.306 e. The molecule has 1 unspecified atom stereocenters. The Kier molecular flexibility index (Phi) is 7.53. The molecule has 0 amide bonds. The first kappa shape index (κ1) is 21.2. The third kappa shape index (κ3) is 5.51. The van der Waals surface area contributed by atoms with Gasteiger partial charge in [-0.3, -0.25) is 9.69 Å². The van der Waals surface area contributed by atoms with Crippen LogP contribution < -0.4 is 9.47 Å². The molecule has 1 heterocycles. The van der Waals surface area contributed by atoms with Crippen LogP contribution >= 0.6 is 0 Å². The number of likely N-dealkylation sites (tertiary alicyclic amines) is 1. The van der Waals surface area contributed by atoms with E-state index in [9.17, 15) is 9.90 Å². The van der Waals surface area contributed by atoms with Crippen molar-refractivity contribution in [2.75, 3.05) is 19.7 Å². The van der Waals surface area contributed by atoms with Crippen molar-refractivity contribution in [1.29, 1.82) is 0 Å². The highest BCUT2D eigenvalue weighted by Gasteiger charge is 2.29. The van der Waals surface area contributed by atoms with E-state index in [0.29, 0.717) is 26.1 Å². The van der Waals surface area contributed by atoms with E-state index in [0.717, 1.165) is 36.6 Å². The Balaban J connectivity index is 1.72. The lowest BCUT2D eigenvalue weighted by atomic mass is 9.93. The van der Waals surface area contributed by atoms with Crippen LogP contribution in [0.1, 0.15) is 50.3 Å². The molecule has 0 radical (unpaired) electrons. The second-order valence-electron chi connectivity index (χ2n) is 7.49. The molecule has 2 aromatic carbocycles. The van der Waals surface area contributed by atoms with Crippen LogP contribution in [0.3, 0.4) is 0 Å². The summed E-state index contributed by atoms with van der Waals surface area (Å²) in [6.45, 7) is 6.85. The van der Waals surface area contributed by atoms with Crippen LogP contribution in [0.25, 0.3) is 0 Å². The number of carbonyl (C=O) groups is 1. The van der Waals surface area contributed by atoms with Gasteiger partial charge < -0.3 is 14.6 Å². The SMILES string of the molecule is CCOc1cc(C(CC)N2CCC(C(=O)O)CC2)ccc1OCc1ccccc1. The van der Waals surface area contributed by atoms with Crippen LogP contribution in [0, 0.1) is 5.92 Å². The molecule has 156 valence electrons. The minimum Gasteiger partial charge on any atom is -0.490 e. The van der Waals surface area contributed by atoms with Gasteiger partial charge in [-0.05, 0) is 62.5 Å². The molecule has 1 aliphatic heterocycles. The Morgan fingerprint density at radius 3 is 2.41 bits per heavy atom. The van der Waals surface area contributed by atoms with E-state index in [2.05, 4.69) is 24.0 Å². The molecule has 0 saturated carbocycles. The number of benzene rings is 2. The molecule has 5 heteroatoms. The monoisotopic (exact) mass is 397 g/mol. The quantitative estimate of drug-likeness (QED) is 0.651. The number of aliphatic carboxylic acids is 1. The van der Waals surface area contributed by atoms with Gasteiger partial charge in [0, 0.05) is 6.04 Å². The highest BCUT2D eigenvalue weighted by molar-refractivity contribution is 5.70. The second kappa shape index (κ2) is 10.3. The van der Waals surface area contributed by atoms with Crippen molar-refractivity contribution >= 4 is 5.97 Å². The van der Waals surface area contributed by atoms with Gasteiger partial charge in [0.15, 0.2) is 11.5 Å². The van der Waals surface area contributed by atoms with Crippen LogP contribution in [0.5, 0.6) is 11.5 Å². The first-order valence-corrected chi connectivity index (χ1v) is 10.5. The summed E-state index contributed by atoms with van der Waals surface area (Å²) < 4.78 is 11.9. The van der Waals surface area contributed by atoms with E-state index in [4.69, 9.17) is 9.47 Å². The molecule has 1 aliphatic rings. The Morgan fingerprint density at radius 2 is 1.79 bits per heavy atom. The van der Waals surface area contributed by atoms with Crippen molar-refractivity contribution in [3.63, 3.8) is 0 Å². The summed E-state index contributed by atoms with van der Waals surface area (Å²) in [5.74, 6) is 0.631. The van der Waals surface area contributed by atoms with Crippen LogP contribution in [0.2, 0.25) is 0 Å². The number of piperidine rings is 1. The summed E-state index contributed by atoms with van der Waals surface area (Å²) in [6.07, 6.45) is 2.39. The fourth-order valence-corrected chi connectivity index (χ4v) is 4.02. The van der Waals surface area contributed by atoms with Crippen molar-refractivity contribution < 1.29 is 19.4 Å². The fraction of sp³-hybridized carbons (Fsp3) is 0.458. The molecule has 0 aliphatic carbocycles. The summed E-state index contributed by atoms with van der Waals surface area (Å²) in [6, 6.07) is 16.5. The topological polar surface area (TPSA) is 59.0 Å². The maximum atomic E-state index is 11.2. The third-order valence-corrected chi connectivity index (χ3v) is 5.60. The van der Waals surface area contributed by atoms with Crippen LogP contribution in [0.4, 0.5) is 0 Å². The molecule has 1 atom stereocenters. The average molecular weight is 398 g/mol. The van der Waals surface area contributed by atoms with Gasteiger partial charge in [0.25, 0.3) is 0 Å². The van der Waals surface area contributed by atoms with Gasteiger partial charge in [-0.15, -0.1) is 0 Å². The van der Waals surface area contributed by atoms with Gasteiger partial charge in [0.2, 0.25) is 0 Å². The molecule has 1 fully saturated rings. The summed E-state index contributed by atoms with van der Waals surface area (Å²) in [4.78, 5) is 13.6. The van der Waals surface area contributed by atoms with Crippen molar-refractivity contribution in [1.82, 2.24) is 4.90 Å². The lowest BCUT2D eigenvalue weighted by molar-refractivity contribution is -0.143. The molecule has 1 N–H and O–H groups in total. The molecule has 1 saturated heterocycles. The number of hydrogen-bond acceptors (Lipinski definition) is 4. The zero-order valence-corrected chi connectivity index (χ0v) is 17.3. The number of rotatable bonds is 9. The van der Waals surface area contributed by atoms with Crippen molar-refractivity contribution in [2.45, 2.75) is 45.8 Å². The van der Waals surface area contributed by atoms with Crippen molar-refractivity contribution in [3.8, 4) is 11.5 Å². The number of nitrogens with zero attached hydrogens (tertiary/aromatic N) is 1. The third-order valence-electron chi connectivity index (χ3n) is 5.60. The zero-order chi connectivity index (χ0) is 20.6. The predicted molar refractivity (Wildman–Crippen MR) is 113 cm³/mol. The molecule has 5 nitrogen and oxygen atoms in total. The molecule has 0 spiro atoms. The Hall–Kier alpha value is -2.53. The lowest BCUT2D eigenvalue weighted by Gasteiger charge is -2.36. The van der Waals surface area contributed by atoms with E-state index >= 15 is 0 Å². The van der Waals surface area contributed by atoms with E-state index in [-0.39, 0.29) is 12.0 Å². The van der Waals surface area contributed by atoms with Crippen molar-refractivity contribution in [3.05, 3.63) is 59.7 Å². The molecular weight excluding hydrogens is 366 g/mol. The predicted octanol–water partition coefficient (Wildman–Crippen LogP) is 4.91. The zero-order valence-electron chi connectivity index (χ0n) is 17.3. The Bertz CT molecular complexity index is 785. The summed E-state index contributed by atoms with van der Waals surface area (Å²) in [5, 5.41) is 9.25. The standard InChI is InChI=1S/C24H31NO4/c1-3-21(25-14-12-19(13-15-25)24(26)27)20-10-11-22(23(16-20)28-4-2)29-17-18-8-6-5-7-9-18/h5-11,16,19,21H,3-4,12-15,17H2,1-2H3,(H,26,27). The van der Waals surface area contributed by atoms with Crippen LogP contribution in [0.15, 0.2) is 48.5 Å². The highest BCUT2D eigenvalue weighted by atomic mass is 16.5. The summed E-state index contributed by atoms with van der Waals surface area (Å²) >= 11 is 0. The normalized spacial score (nSPS) is 16.3. The van der Waals surface area contributed by atoms with Crippen molar-refractivity contribution in [2.24, 2.45) is 5.92 Å². The number of carboxylic acids is 1. The maximum Gasteiger partial charge on any atom is 0.306 e. The number of ether oxygens (including phenoxy) is 2. The molecule has 3 rings (SSSR count). The molecule has 2 aromatic rings. The lowest BCUT2D eigenvalue weighted by Crippen LogP contribution is -2.38. The largest absolute Gasteiger partial charge is 0.490 e. The minimum absolute atomic E-state index is 0.212. The average Bonchev–Trinajstić information content (AvgIpc) is 2.75. The van der Waals surface area contributed by atoms with E-state index in [1.807, 2.05) is 43.3 Å². The van der Waals surface area contributed by atoms with Gasteiger partial charge in [-0.25, -0.2) is 0 Å². The highest BCUT2D eigenvalue weighted by Crippen LogP contribution is 2.35. The summed E-state index contributed by atoms with van der Waals surface area (Å²) in [5.41, 5.74) is 2.31. The van der Waals surface area contributed by atoms with E-state index in [1.165, 1.54) is 5.56 Å². The van der Waals surface area contributed by atoms with E-state index < -0.39 is 5.97 Å². The Morgan fingerprint density at radius 1 is 1.07 bits per heavy atom. The van der Waals surface area contributed by atoms with Gasteiger partial charge >= 0.3 is 5.97 Å². The first-order chi connectivity index (χ1) is 14.1. The van der Waals surface area contributed by atoms with Crippen LogP contribution in [-0.4, -0.2) is 35.7 Å². The van der Waals surface area contributed by atoms with Gasteiger partial charge in [-0.2, -0.15) is 0 Å². The maximum absolute atomic E-state index is 11.2. The number of hydrogen-bond donors (Lipinski definition) is 1. The molecule has 0 aromatic heterocycles. The fourth-order valence-electron chi connectivity index (χ4n) is 4.02.